The first-order valence-corrected chi connectivity index (χ1v) is 6.06. The number of ether oxygens (including phenoxy) is 1. The van der Waals surface area contributed by atoms with Gasteiger partial charge in [0.05, 0.1) is 12.6 Å². The van der Waals surface area contributed by atoms with Gasteiger partial charge in [0.15, 0.2) is 0 Å². The average molecular weight is 274 g/mol. The van der Waals surface area contributed by atoms with E-state index in [1.54, 1.807) is 6.92 Å². The third-order valence-electron chi connectivity index (χ3n) is 1.82. The molecular formula is C9H17F3N2O2S. The van der Waals surface area contributed by atoms with Gasteiger partial charge >= 0.3 is 5.51 Å². The van der Waals surface area contributed by atoms with E-state index in [9.17, 15) is 18.0 Å². The summed E-state index contributed by atoms with van der Waals surface area (Å²) in [6.07, 6.45) is 0. The summed E-state index contributed by atoms with van der Waals surface area (Å²) in [5.74, 6) is -0.363. The van der Waals surface area contributed by atoms with E-state index in [1.165, 1.54) is 7.11 Å². The zero-order valence-corrected chi connectivity index (χ0v) is 10.6. The Morgan fingerprint density at radius 2 is 2.06 bits per heavy atom. The van der Waals surface area contributed by atoms with E-state index in [4.69, 9.17) is 4.74 Å². The van der Waals surface area contributed by atoms with Gasteiger partial charge in [-0.05, 0) is 18.7 Å². The van der Waals surface area contributed by atoms with Crippen LogP contribution in [0.4, 0.5) is 13.2 Å². The largest absolute Gasteiger partial charge is 0.441 e. The Hall–Kier alpha value is -0.470. The molecule has 2 N–H and O–H groups in total. The highest BCUT2D eigenvalue weighted by Gasteiger charge is 2.27. The summed E-state index contributed by atoms with van der Waals surface area (Å²) in [6, 6.07) is -0.513. The molecule has 1 unspecified atom stereocenters. The normalized spacial score (nSPS) is 13.5. The van der Waals surface area contributed by atoms with E-state index in [-0.39, 0.29) is 30.0 Å². The maximum Gasteiger partial charge on any atom is 0.441 e. The number of carbonyl (C=O) groups excluding carboxylic acids is 1. The summed E-state index contributed by atoms with van der Waals surface area (Å²) < 4.78 is 40.1. The SMILES string of the molecule is COCCNC(=O)C(C)NCCSC(F)(F)F. The highest BCUT2D eigenvalue weighted by molar-refractivity contribution is 8.00. The molecular weight excluding hydrogens is 257 g/mol. The van der Waals surface area contributed by atoms with E-state index in [0.29, 0.717) is 13.2 Å². The maximum atomic E-state index is 11.8. The summed E-state index contributed by atoms with van der Waals surface area (Å²) in [5.41, 5.74) is -4.22. The van der Waals surface area contributed by atoms with Crippen LogP contribution in [-0.2, 0) is 9.53 Å². The van der Waals surface area contributed by atoms with Crippen molar-refractivity contribution in [3.8, 4) is 0 Å². The first-order chi connectivity index (χ1) is 7.87. The minimum absolute atomic E-state index is 0.105. The van der Waals surface area contributed by atoms with Crippen molar-refractivity contribution in [2.75, 3.05) is 32.6 Å². The molecule has 0 aliphatic heterocycles. The lowest BCUT2D eigenvalue weighted by molar-refractivity contribution is -0.122. The fraction of sp³-hybridized carbons (Fsp3) is 0.889. The van der Waals surface area contributed by atoms with Crippen molar-refractivity contribution in [2.45, 2.75) is 18.5 Å². The number of hydrogen-bond donors (Lipinski definition) is 2. The second kappa shape index (κ2) is 8.60. The molecule has 0 fully saturated rings. The summed E-state index contributed by atoms with van der Waals surface area (Å²) in [5, 5.41) is 5.29. The maximum absolute atomic E-state index is 11.8. The van der Waals surface area contributed by atoms with Gasteiger partial charge in [-0.3, -0.25) is 4.79 Å². The van der Waals surface area contributed by atoms with Gasteiger partial charge in [-0.25, -0.2) is 0 Å². The predicted octanol–water partition coefficient (Wildman–Crippen LogP) is 0.980. The molecule has 0 bridgehead atoms. The van der Waals surface area contributed by atoms with Crippen molar-refractivity contribution in [1.82, 2.24) is 10.6 Å². The molecule has 0 aliphatic rings. The number of thioether (sulfide) groups is 1. The zero-order valence-electron chi connectivity index (χ0n) is 9.76. The molecule has 0 rings (SSSR count). The van der Waals surface area contributed by atoms with Crippen molar-refractivity contribution < 1.29 is 22.7 Å². The van der Waals surface area contributed by atoms with E-state index < -0.39 is 11.6 Å². The topological polar surface area (TPSA) is 50.4 Å². The van der Waals surface area contributed by atoms with Gasteiger partial charge in [-0.2, -0.15) is 13.2 Å². The van der Waals surface area contributed by atoms with Crippen molar-refractivity contribution in [3.05, 3.63) is 0 Å². The minimum atomic E-state index is -4.22. The van der Waals surface area contributed by atoms with Gasteiger partial charge in [-0.15, -0.1) is 0 Å². The molecule has 0 aromatic rings. The summed E-state index contributed by atoms with van der Waals surface area (Å²) in [6.45, 7) is 2.52. The second-order valence-electron chi connectivity index (χ2n) is 3.25. The molecule has 17 heavy (non-hydrogen) atoms. The van der Waals surface area contributed by atoms with Crippen LogP contribution in [-0.4, -0.2) is 50.0 Å². The molecule has 0 saturated heterocycles. The molecule has 1 amide bonds. The molecule has 0 heterocycles. The fourth-order valence-electron chi connectivity index (χ4n) is 0.964. The molecule has 102 valence electrons. The van der Waals surface area contributed by atoms with Crippen LogP contribution in [0.2, 0.25) is 0 Å². The van der Waals surface area contributed by atoms with Crippen LogP contribution >= 0.6 is 11.8 Å². The first kappa shape index (κ1) is 16.5. The molecule has 0 aromatic carbocycles. The van der Waals surface area contributed by atoms with Crippen LogP contribution in [0.3, 0.4) is 0 Å². The number of alkyl halides is 3. The minimum Gasteiger partial charge on any atom is -0.383 e. The van der Waals surface area contributed by atoms with Gasteiger partial charge in [0.2, 0.25) is 5.91 Å². The zero-order chi connectivity index (χ0) is 13.3. The lowest BCUT2D eigenvalue weighted by Crippen LogP contribution is -2.43. The number of nitrogens with one attached hydrogen (secondary N) is 2. The summed E-state index contributed by atoms with van der Waals surface area (Å²) in [4.78, 5) is 11.4. The highest BCUT2D eigenvalue weighted by Crippen LogP contribution is 2.29. The third kappa shape index (κ3) is 10.4. The van der Waals surface area contributed by atoms with E-state index in [0.717, 1.165) is 0 Å². The number of rotatable bonds is 8. The smallest absolute Gasteiger partial charge is 0.383 e. The summed E-state index contributed by atoms with van der Waals surface area (Å²) >= 11 is -0.105. The molecule has 0 saturated carbocycles. The highest BCUT2D eigenvalue weighted by atomic mass is 32.2. The Balaban J connectivity index is 3.57. The Kier molecular flexibility index (Phi) is 8.36. The molecule has 0 aromatic heterocycles. The number of carbonyl (C=O) groups is 1. The van der Waals surface area contributed by atoms with Crippen LogP contribution in [0.1, 0.15) is 6.92 Å². The van der Waals surface area contributed by atoms with Crippen LogP contribution in [0.5, 0.6) is 0 Å². The van der Waals surface area contributed by atoms with Gasteiger partial charge in [0.25, 0.3) is 0 Å². The predicted molar refractivity (Wildman–Crippen MR) is 60.9 cm³/mol. The van der Waals surface area contributed by atoms with Crippen LogP contribution in [0.25, 0.3) is 0 Å². The first-order valence-electron chi connectivity index (χ1n) is 5.07. The van der Waals surface area contributed by atoms with Crippen LogP contribution in [0.15, 0.2) is 0 Å². The van der Waals surface area contributed by atoms with Crippen molar-refractivity contribution in [3.63, 3.8) is 0 Å². The van der Waals surface area contributed by atoms with E-state index in [1.807, 2.05) is 0 Å². The molecule has 1 atom stereocenters. The van der Waals surface area contributed by atoms with Gasteiger partial charge in [-0.1, -0.05) is 0 Å². The lowest BCUT2D eigenvalue weighted by Gasteiger charge is -2.14. The molecule has 0 spiro atoms. The molecule has 0 radical (unpaired) electrons. The van der Waals surface area contributed by atoms with Gasteiger partial charge in [0.1, 0.15) is 0 Å². The monoisotopic (exact) mass is 274 g/mol. The van der Waals surface area contributed by atoms with Gasteiger partial charge in [0, 0.05) is 26.0 Å². The van der Waals surface area contributed by atoms with E-state index >= 15 is 0 Å². The number of hydrogen-bond acceptors (Lipinski definition) is 4. The van der Waals surface area contributed by atoms with E-state index in [2.05, 4.69) is 10.6 Å². The van der Waals surface area contributed by atoms with Gasteiger partial charge < -0.3 is 15.4 Å². The lowest BCUT2D eigenvalue weighted by atomic mass is 10.3. The Morgan fingerprint density at radius 1 is 1.41 bits per heavy atom. The fourth-order valence-corrected chi connectivity index (χ4v) is 1.42. The number of amides is 1. The Morgan fingerprint density at radius 3 is 2.59 bits per heavy atom. The second-order valence-corrected chi connectivity index (χ2v) is 4.41. The molecule has 0 aliphatic carbocycles. The summed E-state index contributed by atoms with van der Waals surface area (Å²) in [7, 11) is 1.52. The van der Waals surface area contributed by atoms with Crippen LogP contribution in [0, 0.1) is 0 Å². The van der Waals surface area contributed by atoms with Crippen LogP contribution < -0.4 is 10.6 Å². The number of halogens is 3. The molecule has 8 heteroatoms. The average Bonchev–Trinajstić information content (AvgIpc) is 2.23. The van der Waals surface area contributed by atoms with Crippen molar-refractivity contribution in [2.24, 2.45) is 0 Å². The molecule has 4 nitrogen and oxygen atoms in total. The van der Waals surface area contributed by atoms with Crippen molar-refractivity contribution >= 4 is 17.7 Å². The standard InChI is InChI=1S/C9H17F3N2O2S/c1-7(8(15)14-3-5-16-2)13-4-6-17-9(10,11)12/h7,13H,3-6H2,1-2H3,(H,14,15). The Labute approximate surface area is 103 Å². The quantitative estimate of drug-likeness (QED) is 0.648. The Bertz CT molecular complexity index is 227. The number of methoxy groups -OCH3 is 1. The van der Waals surface area contributed by atoms with Crippen molar-refractivity contribution in [1.29, 1.82) is 0 Å². The third-order valence-corrected chi connectivity index (χ3v) is 2.55.